The molecule has 1 atom stereocenters. The van der Waals surface area contributed by atoms with E-state index in [1.807, 2.05) is 6.92 Å². The van der Waals surface area contributed by atoms with Crippen LogP contribution < -0.4 is 5.73 Å². The van der Waals surface area contributed by atoms with Crippen molar-refractivity contribution in [3.05, 3.63) is 0 Å². The predicted octanol–water partition coefficient (Wildman–Crippen LogP) is 1.44. The van der Waals surface area contributed by atoms with E-state index in [1.165, 1.54) is 0 Å². The monoisotopic (exact) mass is 187 g/mol. The normalized spacial score (nSPS) is 14.2. The van der Waals surface area contributed by atoms with E-state index < -0.39 is 5.60 Å². The van der Waals surface area contributed by atoms with Gasteiger partial charge in [0.15, 0.2) is 0 Å². The van der Waals surface area contributed by atoms with Crippen LogP contribution in [-0.2, 0) is 4.79 Å². The second-order valence-corrected chi connectivity index (χ2v) is 4.48. The van der Waals surface area contributed by atoms with Gasteiger partial charge in [0.05, 0.1) is 5.60 Å². The first-order valence-corrected chi connectivity index (χ1v) is 4.82. The first-order valence-electron chi connectivity index (χ1n) is 4.82. The SMILES string of the molecule is CC(CCCC(C)(C)O)CC(N)=O. The molecule has 0 aromatic carbocycles. The lowest BCUT2D eigenvalue weighted by Gasteiger charge is -2.17. The van der Waals surface area contributed by atoms with Crippen LogP contribution in [0.1, 0.15) is 46.5 Å². The fraction of sp³-hybridized carbons (Fsp3) is 0.900. The molecule has 3 nitrogen and oxygen atoms in total. The maximum atomic E-state index is 10.5. The molecule has 0 aliphatic carbocycles. The summed E-state index contributed by atoms with van der Waals surface area (Å²) in [6.45, 7) is 5.60. The third-order valence-corrected chi connectivity index (χ3v) is 2.04. The molecule has 0 bridgehead atoms. The van der Waals surface area contributed by atoms with Crippen molar-refractivity contribution in [2.45, 2.75) is 52.1 Å². The average Bonchev–Trinajstić information content (AvgIpc) is 1.81. The standard InChI is InChI=1S/C10H21NO2/c1-8(7-9(11)12)5-4-6-10(2,3)13/h8,13H,4-7H2,1-3H3,(H2,11,12). The minimum Gasteiger partial charge on any atom is -0.390 e. The van der Waals surface area contributed by atoms with E-state index in [0.29, 0.717) is 12.3 Å². The van der Waals surface area contributed by atoms with E-state index in [4.69, 9.17) is 5.73 Å². The summed E-state index contributed by atoms with van der Waals surface area (Å²) in [6, 6.07) is 0. The predicted molar refractivity (Wildman–Crippen MR) is 53.1 cm³/mol. The highest BCUT2D eigenvalue weighted by Crippen LogP contribution is 2.17. The van der Waals surface area contributed by atoms with Crippen LogP contribution in [0.3, 0.4) is 0 Å². The lowest BCUT2D eigenvalue weighted by atomic mass is 9.95. The number of amides is 1. The van der Waals surface area contributed by atoms with Crippen molar-refractivity contribution in [2.24, 2.45) is 11.7 Å². The Morgan fingerprint density at radius 1 is 1.54 bits per heavy atom. The zero-order valence-corrected chi connectivity index (χ0v) is 8.84. The molecule has 1 amide bonds. The van der Waals surface area contributed by atoms with Gasteiger partial charge in [-0.25, -0.2) is 0 Å². The van der Waals surface area contributed by atoms with Crippen LogP contribution in [-0.4, -0.2) is 16.6 Å². The molecule has 0 saturated heterocycles. The molecule has 13 heavy (non-hydrogen) atoms. The third kappa shape index (κ3) is 9.34. The van der Waals surface area contributed by atoms with Crippen LogP contribution in [0.4, 0.5) is 0 Å². The number of hydrogen-bond donors (Lipinski definition) is 2. The third-order valence-electron chi connectivity index (χ3n) is 2.04. The van der Waals surface area contributed by atoms with Gasteiger partial charge in [0, 0.05) is 6.42 Å². The van der Waals surface area contributed by atoms with E-state index in [1.54, 1.807) is 13.8 Å². The minimum atomic E-state index is -0.591. The number of aliphatic hydroxyl groups is 1. The van der Waals surface area contributed by atoms with Crippen molar-refractivity contribution < 1.29 is 9.90 Å². The number of primary amides is 1. The Labute approximate surface area is 80.3 Å². The Bertz CT molecular complexity index is 161. The molecule has 78 valence electrons. The topological polar surface area (TPSA) is 63.3 Å². The van der Waals surface area contributed by atoms with Crippen molar-refractivity contribution >= 4 is 5.91 Å². The number of hydrogen-bond acceptors (Lipinski definition) is 2. The fourth-order valence-corrected chi connectivity index (χ4v) is 1.33. The lowest BCUT2D eigenvalue weighted by molar-refractivity contribution is -0.118. The lowest BCUT2D eigenvalue weighted by Crippen LogP contribution is -2.19. The Morgan fingerprint density at radius 2 is 2.08 bits per heavy atom. The van der Waals surface area contributed by atoms with Gasteiger partial charge in [0.2, 0.25) is 5.91 Å². The van der Waals surface area contributed by atoms with Crippen molar-refractivity contribution in [1.82, 2.24) is 0 Å². The Balaban J connectivity index is 3.48. The zero-order valence-electron chi connectivity index (χ0n) is 8.84. The van der Waals surface area contributed by atoms with Gasteiger partial charge in [-0.1, -0.05) is 19.8 Å². The van der Waals surface area contributed by atoms with Crippen LogP contribution in [0.2, 0.25) is 0 Å². The summed E-state index contributed by atoms with van der Waals surface area (Å²) in [5, 5.41) is 9.42. The maximum Gasteiger partial charge on any atom is 0.217 e. The summed E-state index contributed by atoms with van der Waals surface area (Å²) < 4.78 is 0. The summed E-state index contributed by atoms with van der Waals surface area (Å²) >= 11 is 0. The van der Waals surface area contributed by atoms with Crippen molar-refractivity contribution in [3.63, 3.8) is 0 Å². The van der Waals surface area contributed by atoms with Crippen molar-refractivity contribution in [3.8, 4) is 0 Å². The maximum absolute atomic E-state index is 10.5. The fourth-order valence-electron chi connectivity index (χ4n) is 1.33. The van der Waals surface area contributed by atoms with E-state index in [-0.39, 0.29) is 5.91 Å². The van der Waals surface area contributed by atoms with Gasteiger partial charge in [-0.15, -0.1) is 0 Å². The number of nitrogens with two attached hydrogens (primary N) is 1. The summed E-state index contributed by atoms with van der Waals surface area (Å²) in [5.41, 5.74) is 4.47. The summed E-state index contributed by atoms with van der Waals surface area (Å²) in [4.78, 5) is 10.5. The van der Waals surface area contributed by atoms with Gasteiger partial charge in [0.1, 0.15) is 0 Å². The molecule has 0 aromatic heterocycles. The highest BCUT2D eigenvalue weighted by Gasteiger charge is 2.13. The van der Waals surface area contributed by atoms with Gasteiger partial charge < -0.3 is 10.8 Å². The number of rotatable bonds is 6. The van der Waals surface area contributed by atoms with Crippen molar-refractivity contribution in [1.29, 1.82) is 0 Å². The molecule has 0 radical (unpaired) electrons. The molecule has 0 rings (SSSR count). The molecule has 3 heteroatoms. The molecular formula is C10H21NO2. The van der Waals surface area contributed by atoms with Gasteiger partial charge in [0.25, 0.3) is 0 Å². The molecule has 1 unspecified atom stereocenters. The zero-order chi connectivity index (χ0) is 10.5. The molecular weight excluding hydrogens is 166 g/mol. The molecule has 0 aliphatic heterocycles. The molecule has 0 spiro atoms. The molecule has 0 heterocycles. The number of carbonyl (C=O) groups is 1. The molecule has 0 saturated carbocycles. The van der Waals surface area contributed by atoms with Crippen LogP contribution in [0.15, 0.2) is 0 Å². The van der Waals surface area contributed by atoms with Gasteiger partial charge in [-0.05, 0) is 26.2 Å². The second kappa shape index (κ2) is 5.22. The molecule has 3 N–H and O–H groups in total. The first-order chi connectivity index (χ1) is 5.81. The largest absolute Gasteiger partial charge is 0.390 e. The van der Waals surface area contributed by atoms with Crippen LogP contribution in [0, 0.1) is 5.92 Å². The van der Waals surface area contributed by atoms with Crippen LogP contribution in [0.5, 0.6) is 0 Å². The van der Waals surface area contributed by atoms with Crippen LogP contribution >= 0.6 is 0 Å². The Hall–Kier alpha value is -0.570. The number of carbonyl (C=O) groups excluding carboxylic acids is 1. The Kier molecular flexibility index (Phi) is 4.99. The average molecular weight is 187 g/mol. The smallest absolute Gasteiger partial charge is 0.217 e. The van der Waals surface area contributed by atoms with Gasteiger partial charge in [-0.3, -0.25) is 4.79 Å². The molecule has 0 fully saturated rings. The van der Waals surface area contributed by atoms with E-state index in [0.717, 1.165) is 19.3 Å². The quantitative estimate of drug-likeness (QED) is 0.661. The van der Waals surface area contributed by atoms with E-state index >= 15 is 0 Å². The van der Waals surface area contributed by atoms with Gasteiger partial charge >= 0.3 is 0 Å². The molecule has 0 aromatic rings. The summed E-state index contributed by atoms with van der Waals surface area (Å²) in [6.07, 6.45) is 3.12. The van der Waals surface area contributed by atoms with Crippen molar-refractivity contribution in [2.75, 3.05) is 0 Å². The highest BCUT2D eigenvalue weighted by molar-refractivity contribution is 5.73. The molecule has 0 aliphatic rings. The first kappa shape index (κ1) is 12.4. The van der Waals surface area contributed by atoms with E-state index in [9.17, 15) is 9.90 Å². The minimum absolute atomic E-state index is 0.240. The van der Waals surface area contributed by atoms with Gasteiger partial charge in [-0.2, -0.15) is 0 Å². The second-order valence-electron chi connectivity index (χ2n) is 4.48. The Morgan fingerprint density at radius 3 is 2.46 bits per heavy atom. The van der Waals surface area contributed by atoms with Crippen LogP contribution in [0.25, 0.3) is 0 Å². The summed E-state index contributed by atoms with van der Waals surface area (Å²) in [7, 11) is 0. The van der Waals surface area contributed by atoms with E-state index in [2.05, 4.69) is 0 Å². The highest BCUT2D eigenvalue weighted by atomic mass is 16.3. The summed E-state index contributed by atoms with van der Waals surface area (Å²) in [5.74, 6) is 0.0932.